The average Bonchev–Trinajstić information content (AvgIpc) is 2.86. The molecule has 0 saturated heterocycles. The molecule has 0 aliphatic carbocycles. The molecule has 0 spiro atoms. The molecule has 1 aromatic carbocycles. The molecule has 0 aliphatic rings. The molecule has 0 aliphatic heterocycles. The van der Waals surface area contributed by atoms with Gasteiger partial charge < -0.3 is 5.32 Å². The summed E-state index contributed by atoms with van der Waals surface area (Å²) in [5, 5.41) is 8.20. The van der Waals surface area contributed by atoms with Gasteiger partial charge >= 0.3 is 0 Å². The summed E-state index contributed by atoms with van der Waals surface area (Å²) in [5.74, 6) is -0.108. The summed E-state index contributed by atoms with van der Waals surface area (Å²) in [4.78, 5) is 12.5. The minimum atomic E-state index is -0.108. The Labute approximate surface area is 142 Å². The molecule has 2 unspecified atom stereocenters. The van der Waals surface area contributed by atoms with E-state index in [0.717, 1.165) is 23.4 Å². The van der Waals surface area contributed by atoms with Crippen LogP contribution in [-0.4, -0.2) is 20.9 Å². The summed E-state index contributed by atoms with van der Waals surface area (Å²) in [5.41, 5.74) is 3.39. The number of amides is 1. The lowest BCUT2D eigenvalue weighted by molar-refractivity contribution is 0.102. The minimum absolute atomic E-state index is 0.108. The second-order valence-corrected chi connectivity index (χ2v) is 7.62. The van der Waals surface area contributed by atoms with Crippen LogP contribution in [0.1, 0.15) is 54.1 Å². The Balaban J connectivity index is 2.20. The molecule has 4 nitrogen and oxygen atoms in total. The fourth-order valence-electron chi connectivity index (χ4n) is 2.50. The van der Waals surface area contributed by atoms with Gasteiger partial charge in [0, 0.05) is 29.4 Å². The van der Waals surface area contributed by atoms with Gasteiger partial charge in [-0.3, -0.25) is 9.48 Å². The molecule has 1 N–H and O–H groups in total. The van der Waals surface area contributed by atoms with Crippen LogP contribution >= 0.6 is 11.8 Å². The summed E-state index contributed by atoms with van der Waals surface area (Å²) < 4.78 is 1.66. The van der Waals surface area contributed by atoms with E-state index in [9.17, 15) is 4.79 Å². The van der Waals surface area contributed by atoms with Crippen LogP contribution in [0.25, 0.3) is 0 Å². The van der Waals surface area contributed by atoms with Gasteiger partial charge in [-0.1, -0.05) is 32.0 Å². The fourth-order valence-corrected chi connectivity index (χ4v) is 3.74. The van der Waals surface area contributed by atoms with Gasteiger partial charge in [-0.15, -0.1) is 0 Å². The number of thioether (sulfide) groups is 1. The zero-order valence-corrected chi connectivity index (χ0v) is 15.3. The second-order valence-electron chi connectivity index (χ2n) is 5.84. The van der Waals surface area contributed by atoms with Crippen molar-refractivity contribution in [1.82, 2.24) is 9.78 Å². The van der Waals surface area contributed by atoms with Crippen molar-refractivity contribution in [2.45, 2.75) is 44.6 Å². The highest BCUT2D eigenvalue weighted by atomic mass is 32.2. The van der Waals surface area contributed by atoms with E-state index in [1.807, 2.05) is 43.9 Å². The lowest BCUT2D eigenvalue weighted by Crippen LogP contribution is -2.14. The van der Waals surface area contributed by atoms with Gasteiger partial charge in [0.1, 0.15) is 0 Å². The van der Waals surface area contributed by atoms with E-state index in [1.165, 1.54) is 0 Å². The molecule has 1 amide bonds. The third-order valence-corrected chi connectivity index (χ3v) is 5.38. The molecule has 1 heterocycles. The predicted octanol–water partition coefficient (Wildman–Crippen LogP) is 4.57. The number of nitrogens with one attached hydrogen (secondary N) is 1. The van der Waals surface area contributed by atoms with E-state index in [2.05, 4.69) is 37.3 Å². The maximum Gasteiger partial charge on any atom is 0.259 e. The van der Waals surface area contributed by atoms with Crippen LogP contribution in [0.3, 0.4) is 0 Å². The van der Waals surface area contributed by atoms with Gasteiger partial charge in [0.2, 0.25) is 0 Å². The lowest BCUT2D eigenvalue weighted by Gasteiger charge is -2.19. The molecule has 0 fully saturated rings. The highest BCUT2D eigenvalue weighted by molar-refractivity contribution is 8.00. The quantitative estimate of drug-likeness (QED) is 0.843. The van der Waals surface area contributed by atoms with Crippen molar-refractivity contribution in [3.05, 3.63) is 47.3 Å². The Hall–Kier alpha value is -1.75. The monoisotopic (exact) mass is 331 g/mol. The van der Waals surface area contributed by atoms with Crippen molar-refractivity contribution in [3.8, 4) is 0 Å². The summed E-state index contributed by atoms with van der Waals surface area (Å²) in [6, 6.07) is 8.03. The molecular formula is C18H25N3OS. The summed E-state index contributed by atoms with van der Waals surface area (Å²) in [7, 11) is 1.82. The van der Waals surface area contributed by atoms with E-state index in [-0.39, 0.29) is 5.91 Å². The molecule has 2 atom stereocenters. The Morgan fingerprint density at radius 2 is 2.04 bits per heavy atom. The zero-order valence-electron chi connectivity index (χ0n) is 14.5. The lowest BCUT2D eigenvalue weighted by atomic mass is 10.1. The molecule has 0 radical (unpaired) electrons. The average molecular weight is 331 g/mol. The van der Waals surface area contributed by atoms with E-state index >= 15 is 0 Å². The number of aromatic nitrogens is 2. The van der Waals surface area contributed by atoms with Crippen molar-refractivity contribution < 1.29 is 4.79 Å². The molecule has 23 heavy (non-hydrogen) atoms. The number of nitrogens with zero attached hydrogens (tertiary/aromatic N) is 2. The highest BCUT2D eigenvalue weighted by Gasteiger charge is 2.17. The smallest absolute Gasteiger partial charge is 0.259 e. The van der Waals surface area contributed by atoms with Crippen LogP contribution in [-0.2, 0) is 7.05 Å². The van der Waals surface area contributed by atoms with Crippen LogP contribution in [0.4, 0.5) is 5.69 Å². The highest BCUT2D eigenvalue weighted by Crippen LogP contribution is 2.36. The fraction of sp³-hybridized carbons (Fsp3) is 0.444. The number of aryl methyl sites for hydroxylation is 2. The van der Waals surface area contributed by atoms with Crippen LogP contribution in [0.15, 0.2) is 30.5 Å². The number of hydrogen-bond acceptors (Lipinski definition) is 3. The van der Waals surface area contributed by atoms with E-state index < -0.39 is 0 Å². The molecule has 1 aromatic heterocycles. The molecule has 2 rings (SSSR count). The van der Waals surface area contributed by atoms with Crippen molar-refractivity contribution >= 4 is 23.4 Å². The maximum absolute atomic E-state index is 12.5. The SMILES string of the molecule is CCC(C)SC(C)c1ccccc1NC(=O)c1cn(C)nc1C. The number of anilines is 1. The first-order chi connectivity index (χ1) is 10.9. The Morgan fingerprint density at radius 3 is 2.65 bits per heavy atom. The molecule has 124 valence electrons. The summed E-state index contributed by atoms with van der Waals surface area (Å²) in [6.07, 6.45) is 2.89. The number of hydrogen-bond donors (Lipinski definition) is 1. The van der Waals surface area contributed by atoms with E-state index in [4.69, 9.17) is 0 Å². The third-order valence-electron chi connectivity index (χ3n) is 3.92. The molecule has 2 aromatic rings. The number of carbonyl (C=O) groups excluding carboxylic acids is 1. The van der Waals surface area contributed by atoms with Crippen LogP contribution in [0.5, 0.6) is 0 Å². The van der Waals surface area contributed by atoms with Crippen molar-refractivity contribution in [1.29, 1.82) is 0 Å². The molecule has 5 heteroatoms. The van der Waals surface area contributed by atoms with Crippen molar-refractivity contribution in [2.75, 3.05) is 5.32 Å². The second kappa shape index (κ2) is 7.68. The normalized spacial score (nSPS) is 13.6. The van der Waals surface area contributed by atoms with Crippen LogP contribution < -0.4 is 5.32 Å². The topological polar surface area (TPSA) is 46.9 Å². The Bertz CT molecular complexity index is 681. The minimum Gasteiger partial charge on any atom is -0.322 e. The van der Waals surface area contributed by atoms with Crippen molar-refractivity contribution in [3.63, 3.8) is 0 Å². The molecule has 0 saturated carbocycles. The van der Waals surface area contributed by atoms with Gasteiger partial charge in [-0.25, -0.2) is 0 Å². The number of para-hydroxylation sites is 1. The zero-order chi connectivity index (χ0) is 17.0. The van der Waals surface area contributed by atoms with Crippen LogP contribution in [0.2, 0.25) is 0 Å². The first-order valence-electron chi connectivity index (χ1n) is 7.98. The van der Waals surface area contributed by atoms with E-state index in [1.54, 1.807) is 10.9 Å². The van der Waals surface area contributed by atoms with Gasteiger partial charge in [0.25, 0.3) is 5.91 Å². The molecule has 0 bridgehead atoms. The largest absolute Gasteiger partial charge is 0.322 e. The standard InChI is InChI=1S/C18H25N3OS/c1-6-12(2)23-14(4)15-9-7-8-10-17(15)19-18(22)16-11-21(5)20-13(16)3/h7-12,14H,6H2,1-5H3,(H,19,22). The molecular weight excluding hydrogens is 306 g/mol. The first kappa shape index (κ1) is 17.6. The van der Waals surface area contributed by atoms with Gasteiger partial charge in [-0.05, 0) is 31.9 Å². The van der Waals surface area contributed by atoms with E-state index in [0.29, 0.717) is 16.1 Å². The maximum atomic E-state index is 12.5. The van der Waals surface area contributed by atoms with Crippen molar-refractivity contribution in [2.24, 2.45) is 7.05 Å². The number of rotatable bonds is 6. The third kappa shape index (κ3) is 4.38. The van der Waals surface area contributed by atoms with Gasteiger partial charge in [-0.2, -0.15) is 16.9 Å². The van der Waals surface area contributed by atoms with Crippen LogP contribution in [0, 0.1) is 6.92 Å². The first-order valence-corrected chi connectivity index (χ1v) is 8.92. The van der Waals surface area contributed by atoms with Gasteiger partial charge in [0.15, 0.2) is 0 Å². The Kier molecular flexibility index (Phi) is 5.88. The number of carbonyl (C=O) groups is 1. The number of benzene rings is 1. The predicted molar refractivity (Wildman–Crippen MR) is 98.1 cm³/mol. The van der Waals surface area contributed by atoms with Gasteiger partial charge in [0.05, 0.1) is 11.3 Å². The summed E-state index contributed by atoms with van der Waals surface area (Å²) >= 11 is 1.93. The Morgan fingerprint density at radius 1 is 1.35 bits per heavy atom. The summed E-state index contributed by atoms with van der Waals surface area (Å²) in [6.45, 7) is 8.48.